The van der Waals surface area contributed by atoms with Crippen LogP contribution in [0.25, 0.3) is 0 Å². The van der Waals surface area contributed by atoms with Gasteiger partial charge >= 0.3 is 0 Å². The normalized spacial score (nSPS) is 42.7. The van der Waals surface area contributed by atoms with Gasteiger partial charge in [-0.2, -0.15) is 0 Å². The monoisotopic (exact) mass is 222 g/mol. The standard InChI is InChI=1S/C13H22N2O/c1-9-3-2-4-12(14-9)13(16)15-8-10-5-6-11(15)7-10/h9-12,14H,2-8H2,1H3. The molecule has 16 heavy (non-hydrogen) atoms. The summed E-state index contributed by atoms with van der Waals surface area (Å²) in [6.07, 6.45) is 7.33. The van der Waals surface area contributed by atoms with Gasteiger partial charge in [-0.05, 0) is 51.4 Å². The van der Waals surface area contributed by atoms with E-state index in [0.29, 0.717) is 18.0 Å². The van der Waals surface area contributed by atoms with Crippen molar-refractivity contribution in [2.24, 2.45) is 5.92 Å². The van der Waals surface area contributed by atoms with Crippen LogP contribution in [0.1, 0.15) is 45.4 Å². The average molecular weight is 222 g/mol. The van der Waals surface area contributed by atoms with Gasteiger partial charge in [-0.1, -0.05) is 0 Å². The third-order valence-electron chi connectivity index (χ3n) is 4.61. The van der Waals surface area contributed by atoms with E-state index in [9.17, 15) is 4.79 Å². The Hall–Kier alpha value is -0.570. The molecule has 4 unspecified atom stereocenters. The van der Waals surface area contributed by atoms with Crippen molar-refractivity contribution in [3.05, 3.63) is 0 Å². The Morgan fingerprint density at radius 1 is 1.25 bits per heavy atom. The Balaban J connectivity index is 1.64. The van der Waals surface area contributed by atoms with Gasteiger partial charge in [0, 0.05) is 18.6 Å². The Morgan fingerprint density at radius 3 is 2.75 bits per heavy atom. The summed E-state index contributed by atoms with van der Waals surface area (Å²) in [7, 11) is 0. The zero-order chi connectivity index (χ0) is 11.1. The smallest absolute Gasteiger partial charge is 0.239 e. The molecule has 3 fully saturated rings. The first kappa shape index (κ1) is 10.6. The van der Waals surface area contributed by atoms with Crippen molar-refractivity contribution in [3.8, 4) is 0 Å². The maximum atomic E-state index is 12.4. The lowest BCUT2D eigenvalue weighted by Crippen LogP contribution is -2.53. The van der Waals surface area contributed by atoms with E-state index in [4.69, 9.17) is 0 Å². The van der Waals surface area contributed by atoms with Gasteiger partial charge in [0.2, 0.25) is 5.91 Å². The molecule has 2 heterocycles. The van der Waals surface area contributed by atoms with Crippen LogP contribution in [0.15, 0.2) is 0 Å². The number of fused-ring (bicyclic) bond motifs is 2. The molecular weight excluding hydrogens is 200 g/mol. The maximum Gasteiger partial charge on any atom is 0.239 e. The second kappa shape index (κ2) is 4.02. The highest BCUT2D eigenvalue weighted by Gasteiger charge is 2.42. The minimum atomic E-state index is 0.114. The van der Waals surface area contributed by atoms with Crippen LogP contribution in [-0.2, 0) is 4.79 Å². The van der Waals surface area contributed by atoms with Crippen LogP contribution in [0.3, 0.4) is 0 Å². The van der Waals surface area contributed by atoms with Gasteiger partial charge < -0.3 is 10.2 Å². The molecule has 1 saturated carbocycles. The van der Waals surface area contributed by atoms with Gasteiger partial charge in [-0.3, -0.25) is 4.79 Å². The number of carbonyl (C=O) groups excluding carboxylic acids is 1. The highest BCUT2D eigenvalue weighted by atomic mass is 16.2. The number of piperidine rings is 2. The van der Waals surface area contributed by atoms with Crippen molar-refractivity contribution in [1.29, 1.82) is 0 Å². The number of likely N-dealkylation sites (tertiary alicyclic amines) is 1. The van der Waals surface area contributed by atoms with Crippen LogP contribution < -0.4 is 5.32 Å². The van der Waals surface area contributed by atoms with Crippen molar-refractivity contribution >= 4 is 5.91 Å². The lowest BCUT2D eigenvalue weighted by Gasteiger charge is -2.34. The summed E-state index contributed by atoms with van der Waals surface area (Å²) in [5.74, 6) is 1.20. The lowest BCUT2D eigenvalue weighted by molar-refractivity contribution is -0.136. The molecule has 90 valence electrons. The molecule has 3 heteroatoms. The van der Waals surface area contributed by atoms with Gasteiger partial charge in [0.15, 0.2) is 0 Å². The minimum absolute atomic E-state index is 0.114. The topological polar surface area (TPSA) is 32.3 Å². The molecule has 1 N–H and O–H groups in total. The van der Waals surface area contributed by atoms with Crippen LogP contribution in [0.2, 0.25) is 0 Å². The molecule has 2 bridgehead atoms. The predicted molar refractivity (Wildman–Crippen MR) is 63.1 cm³/mol. The fraction of sp³-hybridized carbons (Fsp3) is 0.923. The molecule has 0 radical (unpaired) electrons. The molecule has 4 atom stereocenters. The summed E-state index contributed by atoms with van der Waals surface area (Å²) >= 11 is 0. The number of nitrogens with zero attached hydrogens (tertiary/aromatic N) is 1. The summed E-state index contributed by atoms with van der Waals surface area (Å²) in [5.41, 5.74) is 0. The van der Waals surface area contributed by atoms with Crippen molar-refractivity contribution < 1.29 is 4.79 Å². The molecule has 0 aromatic rings. The molecule has 2 saturated heterocycles. The molecule has 3 aliphatic rings. The summed E-state index contributed by atoms with van der Waals surface area (Å²) in [6, 6.07) is 1.21. The second-order valence-corrected chi connectivity index (χ2v) is 5.87. The number of hydrogen-bond acceptors (Lipinski definition) is 2. The summed E-state index contributed by atoms with van der Waals surface area (Å²) < 4.78 is 0. The van der Waals surface area contributed by atoms with Gasteiger partial charge in [0.25, 0.3) is 0 Å². The quantitative estimate of drug-likeness (QED) is 0.729. The third-order valence-corrected chi connectivity index (χ3v) is 4.61. The Labute approximate surface area is 97.6 Å². The Kier molecular flexibility index (Phi) is 2.66. The summed E-state index contributed by atoms with van der Waals surface area (Å²) in [5, 5.41) is 3.46. The van der Waals surface area contributed by atoms with Crippen molar-refractivity contribution in [2.75, 3.05) is 6.54 Å². The molecule has 1 aliphatic carbocycles. The number of carbonyl (C=O) groups is 1. The van der Waals surface area contributed by atoms with E-state index in [1.54, 1.807) is 0 Å². The Bertz CT molecular complexity index is 292. The Morgan fingerprint density at radius 2 is 2.12 bits per heavy atom. The van der Waals surface area contributed by atoms with Gasteiger partial charge in [0.05, 0.1) is 6.04 Å². The molecule has 3 rings (SSSR count). The van der Waals surface area contributed by atoms with E-state index in [2.05, 4.69) is 17.1 Å². The maximum absolute atomic E-state index is 12.4. The van der Waals surface area contributed by atoms with Crippen LogP contribution in [0, 0.1) is 5.92 Å². The van der Waals surface area contributed by atoms with Crippen LogP contribution >= 0.6 is 0 Å². The first-order chi connectivity index (χ1) is 7.74. The van der Waals surface area contributed by atoms with Gasteiger partial charge in [-0.15, -0.1) is 0 Å². The number of hydrogen-bond donors (Lipinski definition) is 1. The molecular formula is C13H22N2O. The lowest BCUT2D eigenvalue weighted by atomic mass is 9.98. The first-order valence-electron chi connectivity index (χ1n) is 6.80. The highest BCUT2D eigenvalue weighted by Crippen LogP contribution is 2.37. The van der Waals surface area contributed by atoms with Crippen molar-refractivity contribution in [2.45, 2.75) is 63.6 Å². The summed E-state index contributed by atoms with van der Waals surface area (Å²) in [6.45, 7) is 3.23. The largest absolute Gasteiger partial charge is 0.338 e. The zero-order valence-electron chi connectivity index (χ0n) is 10.1. The molecule has 0 spiro atoms. The van der Waals surface area contributed by atoms with E-state index in [1.807, 2.05) is 0 Å². The third kappa shape index (κ3) is 1.75. The molecule has 0 aromatic heterocycles. The van der Waals surface area contributed by atoms with Crippen LogP contribution in [-0.4, -0.2) is 35.5 Å². The minimum Gasteiger partial charge on any atom is -0.338 e. The SMILES string of the molecule is CC1CCCC(C(=O)N2CC3CCC2C3)N1. The zero-order valence-corrected chi connectivity index (χ0v) is 10.1. The number of amides is 1. The van der Waals surface area contributed by atoms with Crippen LogP contribution in [0.5, 0.6) is 0 Å². The highest BCUT2D eigenvalue weighted by molar-refractivity contribution is 5.82. The van der Waals surface area contributed by atoms with Crippen LogP contribution in [0.4, 0.5) is 0 Å². The van der Waals surface area contributed by atoms with E-state index in [-0.39, 0.29) is 6.04 Å². The molecule has 3 nitrogen and oxygen atoms in total. The van der Waals surface area contributed by atoms with E-state index in [0.717, 1.165) is 18.9 Å². The summed E-state index contributed by atoms with van der Waals surface area (Å²) in [4.78, 5) is 14.6. The molecule has 1 amide bonds. The van der Waals surface area contributed by atoms with Crippen molar-refractivity contribution in [3.63, 3.8) is 0 Å². The van der Waals surface area contributed by atoms with E-state index >= 15 is 0 Å². The van der Waals surface area contributed by atoms with Crippen molar-refractivity contribution in [1.82, 2.24) is 10.2 Å². The number of nitrogens with one attached hydrogen (secondary N) is 1. The first-order valence-corrected chi connectivity index (χ1v) is 6.80. The fourth-order valence-corrected chi connectivity index (χ4v) is 3.73. The van der Waals surface area contributed by atoms with Gasteiger partial charge in [0.1, 0.15) is 0 Å². The van der Waals surface area contributed by atoms with Gasteiger partial charge in [-0.25, -0.2) is 0 Å². The average Bonchev–Trinajstić information content (AvgIpc) is 2.89. The second-order valence-electron chi connectivity index (χ2n) is 5.87. The van der Waals surface area contributed by atoms with E-state index in [1.165, 1.54) is 32.1 Å². The predicted octanol–water partition coefficient (Wildman–Crippen LogP) is 1.53. The molecule has 0 aromatic carbocycles. The number of rotatable bonds is 1. The fourth-order valence-electron chi connectivity index (χ4n) is 3.73. The van der Waals surface area contributed by atoms with E-state index < -0.39 is 0 Å². The molecule has 2 aliphatic heterocycles.